The largest absolute Gasteiger partial charge is 0.464 e. The number of rotatable bonds is 4. The van der Waals surface area contributed by atoms with E-state index < -0.39 is 5.63 Å². The van der Waals surface area contributed by atoms with E-state index in [1.165, 1.54) is 0 Å². The van der Waals surface area contributed by atoms with Crippen LogP contribution in [0.15, 0.2) is 26.0 Å². The Bertz CT molecular complexity index is 1210. The maximum absolute atomic E-state index is 12.7. The molecule has 0 spiro atoms. The summed E-state index contributed by atoms with van der Waals surface area (Å²) in [6, 6.07) is 1.99. The highest BCUT2D eigenvalue weighted by molar-refractivity contribution is 5.99. The van der Waals surface area contributed by atoms with Crippen molar-refractivity contribution in [3.8, 4) is 0 Å². The molecule has 1 saturated heterocycles. The number of benzene rings is 1. The van der Waals surface area contributed by atoms with E-state index in [1.807, 2.05) is 26.8 Å². The summed E-state index contributed by atoms with van der Waals surface area (Å²) in [6.45, 7) is 6.81. The molecule has 1 fully saturated rings. The second kappa shape index (κ2) is 7.63. The van der Waals surface area contributed by atoms with E-state index in [0.29, 0.717) is 43.5 Å². The van der Waals surface area contributed by atoms with E-state index in [2.05, 4.69) is 0 Å². The molecule has 0 saturated carbocycles. The zero-order chi connectivity index (χ0) is 21.6. The molecule has 0 unspecified atom stereocenters. The van der Waals surface area contributed by atoms with E-state index in [0.717, 1.165) is 33.0 Å². The fraction of sp³-hybridized carbons (Fsp3) is 0.435. The van der Waals surface area contributed by atoms with Gasteiger partial charge in [0, 0.05) is 47.3 Å². The summed E-state index contributed by atoms with van der Waals surface area (Å²) in [4.78, 5) is 38.4. The molecule has 1 aromatic carbocycles. The highest BCUT2D eigenvalue weighted by atomic mass is 16.4. The monoisotopic (exact) mass is 410 g/mol. The van der Waals surface area contributed by atoms with Crippen LogP contribution in [0.4, 0.5) is 0 Å². The molecule has 2 N–H and O–H groups in total. The van der Waals surface area contributed by atoms with Crippen molar-refractivity contribution in [2.45, 2.75) is 46.5 Å². The van der Waals surface area contributed by atoms with Crippen molar-refractivity contribution < 1.29 is 18.4 Å². The molecule has 158 valence electrons. The molecule has 3 aromatic rings. The van der Waals surface area contributed by atoms with Crippen LogP contribution in [-0.4, -0.2) is 29.8 Å². The fourth-order valence-corrected chi connectivity index (χ4v) is 4.41. The van der Waals surface area contributed by atoms with Crippen LogP contribution < -0.4 is 11.4 Å². The number of amides is 2. The molecule has 7 nitrogen and oxygen atoms in total. The SMILES string of the molecule is Cc1coc2c(C)c3oc(=O)c(CCC(=O)N4CCC(C(N)=O)CC4)c(C)c3cc12. The Morgan fingerprint density at radius 3 is 2.47 bits per heavy atom. The quantitative estimate of drug-likeness (QED) is 0.665. The van der Waals surface area contributed by atoms with E-state index in [1.54, 1.807) is 11.2 Å². The first-order chi connectivity index (χ1) is 14.3. The van der Waals surface area contributed by atoms with Gasteiger partial charge in [-0.2, -0.15) is 0 Å². The summed E-state index contributed by atoms with van der Waals surface area (Å²) < 4.78 is 11.3. The lowest BCUT2D eigenvalue weighted by atomic mass is 9.95. The second-order valence-corrected chi connectivity index (χ2v) is 8.22. The Morgan fingerprint density at radius 2 is 1.80 bits per heavy atom. The molecular weight excluding hydrogens is 384 g/mol. The van der Waals surface area contributed by atoms with Gasteiger partial charge >= 0.3 is 5.63 Å². The van der Waals surface area contributed by atoms with Gasteiger partial charge in [-0.1, -0.05) is 0 Å². The van der Waals surface area contributed by atoms with E-state index in [4.69, 9.17) is 14.6 Å². The lowest BCUT2D eigenvalue weighted by Crippen LogP contribution is -2.41. The summed E-state index contributed by atoms with van der Waals surface area (Å²) in [6.07, 6.45) is 3.44. The average molecular weight is 410 g/mol. The molecule has 4 rings (SSSR count). The van der Waals surface area contributed by atoms with Crippen molar-refractivity contribution in [1.82, 2.24) is 4.90 Å². The van der Waals surface area contributed by atoms with Crippen molar-refractivity contribution in [2.75, 3.05) is 13.1 Å². The van der Waals surface area contributed by atoms with Crippen LogP contribution in [0, 0.1) is 26.7 Å². The van der Waals surface area contributed by atoms with Crippen molar-refractivity contribution in [2.24, 2.45) is 11.7 Å². The molecule has 0 atom stereocenters. The van der Waals surface area contributed by atoms with Crippen molar-refractivity contribution >= 4 is 33.8 Å². The third-order valence-electron chi connectivity index (χ3n) is 6.37. The Balaban J connectivity index is 1.58. The smallest absolute Gasteiger partial charge is 0.339 e. The molecule has 2 amide bonds. The van der Waals surface area contributed by atoms with Crippen LogP contribution in [0.25, 0.3) is 21.9 Å². The van der Waals surface area contributed by atoms with E-state index in [9.17, 15) is 14.4 Å². The molecule has 3 heterocycles. The second-order valence-electron chi connectivity index (χ2n) is 8.22. The zero-order valence-electron chi connectivity index (χ0n) is 17.5. The summed E-state index contributed by atoms with van der Waals surface area (Å²) in [5, 5.41) is 1.87. The lowest BCUT2D eigenvalue weighted by Gasteiger charge is -2.30. The van der Waals surface area contributed by atoms with Crippen LogP contribution >= 0.6 is 0 Å². The molecule has 0 bridgehead atoms. The molecule has 1 aliphatic heterocycles. The number of primary amides is 1. The Morgan fingerprint density at radius 1 is 1.10 bits per heavy atom. The van der Waals surface area contributed by atoms with Crippen LogP contribution in [0.5, 0.6) is 0 Å². The highest BCUT2D eigenvalue weighted by Crippen LogP contribution is 2.32. The standard InChI is InChI=1S/C23H26N2O5/c1-12-11-29-20-14(3)21-18(10-17(12)20)13(2)16(23(28)30-21)4-5-19(26)25-8-6-15(7-9-25)22(24)27/h10-11,15H,4-9H2,1-3H3,(H2,24,27). The lowest BCUT2D eigenvalue weighted by molar-refractivity contribution is -0.134. The molecule has 0 aliphatic carbocycles. The van der Waals surface area contributed by atoms with Gasteiger partial charge < -0.3 is 19.5 Å². The number of hydrogen-bond donors (Lipinski definition) is 1. The molecule has 7 heteroatoms. The van der Waals surface area contributed by atoms with Gasteiger partial charge in [-0.25, -0.2) is 4.79 Å². The first kappa shape index (κ1) is 20.2. The Kier molecular flexibility index (Phi) is 5.13. The van der Waals surface area contributed by atoms with E-state index >= 15 is 0 Å². The van der Waals surface area contributed by atoms with Gasteiger partial charge in [-0.15, -0.1) is 0 Å². The highest BCUT2D eigenvalue weighted by Gasteiger charge is 2.26. The third kappa shape index (κ3) is 3.38. The summed E-state index contributed by atoms with van der Waals surface area (Å²) >= 11 is 0. The van der Waals surface area contributed by atoms with Gasteiger partial charge in [0.15, 0.2) is 0 Å². The maximum Gasteiger partial charge on any atom is 0.339 e. The molecule has 30 heavy (non-hydrogen) atoms. The topological polar surface area (TPSA) is 107 Å². The van der Waals surface area contributed by atoms with Crippen LogP contribution in [0.2, 0.25) is 0 Å². The van der Waals surface area contributed by atoms with Crippen LogP contribution in [0.3, 0.4) is 0 Å². The summed E-state index contributed by atoms with van der Waals surface area (Å²) in [5.74, 6) is -0.479. The van der Waals surface area contributed by atoms with Gasteiger partial charge in [0.2, 0.25) is 11.8 Å². The molecule has 1 aliphatic rings. The Hall–Kier alpha value is -3.09. The number of likely N-dealkylation sites (tertiary alicyclic amines) is 1. The predicted octanol–water partition coefficient (Wildman–Crippen LogP) is 3.12. The number of carbonyl (C=O) groups excluding carboxylic acids is 2. The third-order valence-corrected chi connectivity index (χ3v) is 6.37. The van der Waals surface area contributed by atoms with Gasteiger partial charge in [0.05, 0.1) is 6.26 Å². The molecule has 2 aromatic heterocycles. The van der Waals surface area contributed by atoms with Crippen molar-refractivity contribution in [1.29, 1.82) is 0 Å². The number of fused-ring (bicyclic) bond motifs is 2. The molecular formula is C23H26N2O5. The minimum Gasteiger partial charge on any atom is -0.464 e. The van der Waals surface area contributed by atoms with Crippen LogP contribution in [0.1, 0.15) is 41.5 Å². The van der Waals surface area contributed by atoms with Crippen molar-refractivity contribution in [3.63, 3.8) is 0 Å². The van der Waals surface area contributed by atoms with Gasteiger partial charge in [0.25, 0.3) is 0 Å². The maximum atomic E-state index is 12.7. The summed E-state index contributed by atoms with van der Waals surface area (Å²) in [7, 11) is 0. The normalized spacial score (nSPS) is 15.2. The van der Waals surface area contributed by atoms with E-state index in [-0.39, 0.29) is 24.2 Å². The first-order valence-electron chi connectivity index (χ1n) is 10.3. The number of nitrogens with two attached hydrogens (primary N) is 1. The predicted molar refractivity (Wildman–Crippen MR) is 113 cm³/mol. The number of hydrogen-bond acceptors (Lipinski definition) is 5. The number of carbonyl (C=O) groups is 2. The zero-order valence-corrected chi connectivity index (χ0v) is 17.5. The molecule has 0 radical (unpaired) electrons. The fourth-order valence-electron chi connectivity index (χ4n) is 4.41. The van der Waals surface area contributed by atoms with Crippen molar-refractivity contribution in [3.05, 3.63) is 45.0 Å². The Labute approximate surface area is 173 Å². The number of nitrogens with zero attached hydrogens (tertiary/aromatic N) is 1. The average Bonchev–Trinajstić information content (AvgIpc) is 3.10. The minimum absolute atomic E-state index is 0.0193. The number of aryl methyl sites for hydroxylation is 3. The number of piperidine rings is 1. The summed E-state index contributed by atoms with van der Waals surface area (Å²) in [5.41, 5.74) is 9.40. The van der Waals surface area contributed by atoms with Gasteiger partial charge in [0.1, 0.15) is 11.2 Å². The van der Waals surface area contributed by atoms with Gasteiger partial charge in [-0.3, -0.25) is 9.59 Å². The van der Waals surface area contributed by atoms with Gasteiger partial charge in [-0.05, 0) is 57.2 Å². The minimum atomic E-state index is -0.411. The first-order valence-corrected chi connectivity index (χ1v) is 10.3. The number of furan rings is 1. The van der Waals surface area contributed by atoms with Crippen LogP contribution in [-0.2, 0) is 16.0 Å².